The Labute approximate surface area is 189 Å². The lowest BCUT2D eigenvalue weighted by Gasteiger charge is -2.31. The van der Waals surface area contributed by atoms with Gasteiger partial charge in [-0.3, -0.25) is 9.80 Å². The van der Waals surface area contributed by atoms with Gasteiger partial charge in [-0.05, 0) is 28.3 Å². The number of carbonyl (C=O) groups is 1. The van der Waals surface area contributed by atoms with Gasteiger partial charge in [0.2, 0.25) is 0 Å². The zero-order chi connectivity index (χ0) is 21.8. The van der Waals surface area contributed by atoms with Crippen molar-refractivity contribution in [2.75, 3.05) is 39.4 Å². The molecule has 0 saturated carbocycles. The van der Waals surface area contributed by atoms with Crippen LogP contribution in [-0.4, -0.2) is 61.4 Å². The van der Waals surface area contributed by atoms with E-state index in [1.165, 1.54) is 21.9 Å². The fourth-order valence-corrected chi connectivity index (χ4v) is 4.93. The second kappa shape index (κ2) is 9.72. The van der Waals surface area contributed by atoms with Gasteiger partial charge in [-0.2, -0.15) is 0 Å². The number of benzene rings is 3. The summed E-state index contributed by atoms with van der Waals surface area (Å²) in [6, 6.07) is 25.1. The molecule has 1 amide bonds. The van der Waals surface area contributed by atoms with Gasteiger partial charge in [-0.15, -0.1) is 0 Å². The average Bonchev–Trinajstić information content (AvgIpc) is 3.20. The van der Waals surface area contributed by atoms with E-state index in [0.29, 0.717) is 6.54 Å². The first-order valence-corrected chi connectivity index (χ1v) is 11.6. The van der Waals surface area contributed by atoms with Crippen LogP contribution in [0.5, 0.6) is 0 Å². The van der Waals surface area contributed by atoms with Crippen molar-refractivity contribution in [2.24, 2.45) is 0 Å². The summed E-state index contributed by atoms with van der Waals surface area (Å²) in [7, 11) is 0. The summed E-state index contributed by atoms with van der Waals surface area (Å²) in [5.41, 5.74) is 2.40. The van der Waals surface area contributed by atoms with E-state index in [4.69, 9.17) is 9.47 Å². The van der Waals surface area contributed by atoms with Crippen LogP contribution < -0.4 is 0 Å². The fraction of sp³-hybridized carbons (Fsp3) is 0.370. The Balaban J connectivity index is 1.32. The normalized spacial score (nSPS) is 20.4. The van der Waals surface area contributed by atoms with Crippen LogP contribution in [0.4, 0.5) is 4.79 Å². The molecule has 2 heterocycles. The maximum Gasteiger partial charge on any atom is 0.410 e. The molecule has 0 aromatic heterocycles. The van der Waals surface area contributed by atoms with Crippen molar-refractivity contribution < 1.29 is 14.3 Å². The van der Waals surface area contributed by atoms with Crippen molar-refractivity contribution >= 4 is 16.9 Å². The lowest BCUT2D eigenvalue weighted by Crippen LogP contribution is -2.39. The number of hydrogen-bond acceptors (Lipinski definition) is 4. The quantitative estimate of drug-likeness (QED) is 0.546. The number of rotatable bonds is 7. The number of hydrogen-bond donors (Lipinski definition) is 0. The molecular formula is C27H30N2O3. The number of nitrogens with zero attached hydrogens (tertiary/aromatic N) is 2. The summed E-state index contributed by atoms with van der Waals surface area (Å²) in [6.07, 6.45) is 1.28. The molecule has 2 unspecified atom stereocenters. The number of morpholine rings is 1. The smallest absolute Gasteiger partial charge is 0.410 e. The Hall–Kier alpha value is -2.89. The van der Waals surface area contributed by atoms with Crippen LogP contribution in [0.1, 0.15) is 23.6 Å². The molecule has 0 aliphatic carbocycles. The Morgan fingerprint density at radius 3 is 2.50 bits per heavy atom. The molecule has 2 atom stereocenters. The Morgan fingerprint density at radius 2 is 1.66 bits per heavy atom. The molecule has 5 nitrogen and oxygen atoms in total. The zero-order valence-electron chi connectivity index (χ0n) is 18.4. The van der Waals surface area contributed by atoms with Gasteiger partial charge in [0, 0.05) is 26.1 Å². The predicted molar refractivity (Wildman–Crippen MR) is 126 cm³/mol. The third-order valence-corrected chi connectivity index (χ3v) is 6.61. The van der Waals surface area contributed by atoms with Gasteiger partial charge in [0.25, 0.3) is 0 Å². The highest BCUT2D eigenvalue weighted by Gasteiger charge is 2.37. The number of ether oxygens (including phenoxy) is 2. The van der Waals surface area contributed by atoms with Crippen LogP contribution >= 0.6 is 0 Å². The highest BCUT2D eigenvalue weighted by Crippen LogP contribution is 2.31. The van der Waals surface area contributed by atoms with Crippen LogP contribution in [0.15, 0.2) is 72.8 Å². The van der Waals surface area contributed by atoms with Gasteiger partial charge >= 0.3 is 6.09 Å². The minimum atomic E-state index is -0.203. The number of carbonyl (C=O) groups excluding carboxylic acids is 1. The molecule has 2 fully saturated rings. The molecule has 0 bridgehead atoms. The van der Waals surface area contributed by atoms with E-state index in [1.54, 1.807) is 0 Å². The molecule has 166 valence electrons. The second-order valence-electron chi connectivity index (χ2n) is 8.67. The molecule has 0 radical (unpaired) electrons. The van der Waals surface area contributed by atoms with Crippen molar-refractivity contribution in [3.63, 3.8) is 0 Å². The van der Waals surface area contributed by atoms with E-state index in [-0.39, 0.29) is 18.2 Å². The van der Waals surface area contributed by atoms with Crippen molar-refractivity contribution in [3.8, 4) is 0 Å². The maximum absolute atomic E-state index is 13.0. The SMILES string of the molecule is O=C1OC(Cc2cccc3ccccc23)CN1C(CCN1CCOCC1)c1ccccc1. The van der Waals surface area contributed by atoms with Gasteiger partial charge in [-0.1, -0.05) is 72.8 Å². The first-order chi connectivity index (χ1) is 15.8. The van der Waals surface area contributed by atoms with E-state index >= 15 is 0 Å². The topological polar surface area (TPSA) is 42.0 Å². The van der Waals surface area contributed by atoms with E-state index in [2.05, 4.69) is 59.5 Å². The van der Waals surface area contributed by atoms with Crippen LogP contribution in [-0.2, 0) is 15.9 Å². The molecule has 0 spiro atoms. The summed E-state index contributed by atoms with van der Waals surface area (Å²) < 4.78 is 11.4. The van der Waals surface area contributed by atoms with E-state index in [0.717, 1.165) is 45.7 Å². The third kappa shape index (κ3) is 4.64. The van der Waals surface area contributed by atoms with Crippen LogP contribution in [0.25, 0.3) is 10.8 Å². The molecule has 3 aromatic carbocycles. The average molecular weight is 431 g/mol. The lowest BCUT2D eigenvalue weighted by atomic mass is 9.98. The van der Waals surface area contributed by atoms with Gasteiger partial charge in [-0.25, -0.2) is 4.79 Å². The molecule has 5 rings (SSSR count). The molecule has 5 heteroatoms. The summed E-state index contributed by atoms with van der Waals surface area (Å²) >= 11 is 0. The van der Waals surface area contributed by atoms with Crippen LogP contribution in [0.3, 0.4) is 0 Å². The van der Waals surface area contributed by atoms with Crippen molar-refractivity contribution in [2.45, 2.75) is 25.0 Å². The standard InChI is InChI=1S/C27H30N2O3/c30-27-29(20-24(32-27)19-23-11-6-10-21-7-4-5-12-25(21)23)26(22-8-2-1-3-9-22)13-14-28-15-17-31-18-16-28/h1-12,24,26H,13-20H2. The highest BCUT2D eigenvalue weighted by molar-refractivity contribution is 5.85. The largest absolute Gasteiger partial charge is 0.444 e. The molecule has 3 aromatic rings. The van der Waals surface area contributed by atoms with E-state index < -0.39 is 0 Å². The van der Waals surface area contributed by atoms with Gasteiger partial charge < -0.3 is 9.47 Å². The fourth-order valence-electron chi connectivity index (χ4n) is 4.93. The number of cyclic esters (lactones) is 1. The second-order valence-corrected chi connectivity index (χ2v) is 8.67. The number of fused-ring (bicyclic) bond motifs is 1. The molecule has 32 heavy (non-hydrogen) atoms. The predicted octanol–water partition coefficient (Wildman–Crippen LogP) is 4.67. The summed E-state index contributed by atoms with van der Waals surface area (Å²) in [5.74, 6) is 0. The van der Waals surface area contributed by atoms with Gasteiger partial charge in [0.05, 0.1) is 25.8 Å². The minimum absolute atomic E-state index is 0.0177. The Kier molecular flexibility index (Phi) is 6.37. The molecule has 2 saturated heterocycles. The Morgan fingerprint density at radius 1 is 0.906 bits per heavy atom. The van der Waals surface area contributed by atoms with Gasteiger partial charge in [0.15, 0.2) is 0 Å². The Bertz CT molecular complexity index is 1040. The first-order valence-electron chi connectivity index (χ1n) is 11.6. The molecular weight excluding hydrogens is 400 g/mol. The van der Waals surface area contributed by atoms with Gasteiger partial charge in [0.1, 0.15) is 6.10 Å². The van der Waals surface area contributed by atoms with E-state index in [9.17, 15) is 4.79 Å². The first kappa shape index (κ1) is 21.0. The highest BCUT2D eigenvalue weighted by atomic mass is 16.6. The van der Waals surface area contributed by atoms with Crippen molar-refractivity contribution in [1.82, 2.24) is 9.80 Å². The summed E-state index contributed by atoms with van der Waals surface area (Å²) in [4.78, 5) is 17.3. The summed E-state index contributed by atoms with van der Waals surface area (Å²) in [6.45, 7) is 5.04. The van der Waals surface area contributed by atoms with Crippen molar-refractivity contribution in [3.05, 3.63) is 83.9 Å². The monoisotopic (exact) mass is 430 g/mol. The molecule has 0 N–H and O–H groups in total. The van der Waals surface area contributed by atoms with Crippen molar-refractivity contribution in [1.29, 1.82) is 0 Å². The zero-order valence-corrected chi connectivity index (χ0v) is 18.4. The maximum atomic E-state index is 13.0. The summed E-state index contributed by atoms with van der Waals surface area (Å²) in [5, 5.41) is 2.45. The molecule has 2 aliphatic heterocycles. The minimum Gasteiger partial charge on any atom is -0.444 e. The van der Waals surface area contributed by atoms with Crippen LogP contribution in [0.2, 0.25) is 0 Å². The van der Waals surface area contributed by atoms with E-state index in [1.807, 2.05) is 23.1 Å². The van der Waals surface area contributed by atoms with Crippen LogP contribution in [0, 0.1) is 0 Å². The lowest BCUT2D eigenvalue weighted by molar-refractivity contribution is 0.0341. The number of amides is 1. The third-order valence-electron chi connectivity index (χ3n) is 6.61. The molecule has 2 aliphatic rings.